The lowest BCUT2D eigenvalue weighted by Gasteiger charge is -2.16. The summed E-state index contributed by atoms with van der Waals surface area (Å²) >= 11 is 5.83. The molecule has 2 heterocycles. The predicted octanol–water partition coefficient (Wildman–Crippen LogP) is 2.46. The molecule has 1 atom stereocenters. The van der Waals surface area contributed by atoms with E-state index >= 15 is 0 Å². The summed E-state index contributed by atoms with van der Waals surface area (Å²) in [4.78, 5) is 13.7. The Morgan fingerprint density at radius 3 is 2.70 bits per heavy atom. The molecule has 3 rings (SSSR count). The fraction of sp³-hybridized carbons (Fsp3) is 0.333. The number of likely N-dealkylation sites (tertiary alicyclic amines) is 1. The summed E-state index contributed by atoms with van der Waals surface area (Å²) in [6, 6.07) is 10.0. The number of benzene rings is 1. The molecular formula is C15H16ClN3O. The molecule has 0 bridgehead atoms. The van der Waals surface area contributed by atoms with E-state index in [0.717, 1.165) is 17.8 Å². The van der Waals surface area contributed by atoms with Crippen LogP contribution in [0.2, 0.25) is 0 Å². The number of rotatable bonds is 4. The number of nitrogens with zero attached hydrogens (tertiary/aromatic N) is 3. The number of carbonyl (C=O) groups excluding carboxylic acids is 1. The predicted molar refractivity (Wildman–Crippen MR) is 77.8 cm³/mol. The summed E-state index contributed by atoms with van der Waals surface area (Å²) in [5.41, 5.74) is 2.15. The quantitative estimate of drug-likeness (QED) is 0.811. The molecule has 5 heteroatoms. The van der Waals surface area contributed by atoms with Crippen molar-refractivity contribution in [1.82, 2.24) is 14.7 Å². The van der Waals surface area contributed by atoms with Crippen LogP contribution in [0.3, 0.4) is 0 Å². The minimum atomic E-state index is 0.201. The molecule has 0 aliphatic carbocycles. The van der Waals surface area contributed by atoms with Gasteiger partial charge in [0.05, 0.1) is 5.69 Å². The third-order valence-corrected chi connectivity index (χ3v) is 4.03. The van der Waals surface area contributed by atoms with Crippen molar-refractivity contribution in [3.63, 3.8) is 0 Å². The maximum absolute atomic E-state index is 11.9. The second-order valence-corrected chi connectivity index (χ2v) is 5.42. The highest BCUT2D eigenvalue weighted by atomic mass is 35.5. The molecule has 4 nitrogen and oxygen atoms in total. The van der Waals surface area contributed by atoms with Crippen LogP contribution < -0.4 is 0 Å². The van der Waals surface area contributed by atoms with Gasteiger partial charge in [0.15, 0.2) is 0 Å². The molecule has 1 fully saturated rings. The first-order chi connectivity index (χ1) is 9.76. The summed E-state index contributed by atoms with van der Waals surface area (Å²) in [7, 11) is 0. The molecule has 1 aromatic carbocycles. The smallest absolute Gasteiger partial charge is 0.223 e. The maximum Gasteiger partial charge on any atom is 0.223 e. The van der Waals surface area contributed by atoms with Crippen LogP contribution in [0.15, 0.2) is 42.7 Å². The molecule has 2 aromatic rings. The van der Waals surface area contributed by atoms with Gasteiger partial charge in [-0.05, 0) is 29.7 Å². The second-order valence-electron chi connectivity index (χ2n) is 5.12. The Hall–Kier alpha value is -1.81. The largest absolute Gasteiger partial charge is 0.338 e. The van der Waals surface area contributed by atoms with Crippen molar-refractivity contribution in [1.29, 1.82) is 0 Å². The number of carbonyl (C=O) groups is 1. The first kappa shape index (κ1) is 13.2. The molecule has 1 unspecified atom stereocenters. The van der Waals surface area contributed by atoms with Gasteiger partial charge in [0.2, 0.25) is 5.91 Å². The van der Waals surface area contributed by atoms with Crippen LogP contribution in [0.25, 0.3) is 5.69 Å². The molecule has 1 aliphatic rings. The number of hydrogen-bond acceptors (Lipinski definition) is 2. The van der Waals surface area contributed by atoms with Crippen LogP contribution >= 0.6 is 11.6 Å². The highest BCUT2D eigenvalue weighted by Crippen LogP contribution is 2.21. The highest BCUT2D eigenvalue weighted by molar-refractivity contribution is 6.18. The average molecular weight is 290 g/mol. The molecule has 1 saturated heterocycles. The second kappa shape index (κ2) is 5.67. The van der Waals surface area contributed by atoms with Crippen LogP contribution in [0.1, 0.15) is 12.0 Å². The molecule has 104 valence electrons. The fourth-order valence-corrected chi connectivity index (χ4v) is 2.71. The lowest BCUT2D eigenvalue weighted by atomic mass is 10.1. The van der Waals surface area contributed by atoms with E-state index in [2.05, 4.69) is 5.10 Å². The van der Waals surface area contributed by atoms with Crippen molar-refractivity contribution in [3.05, 3.63) is 48.3 Å². The van der Waals surface area contributed by atoms with Crippen LogP contribution in [-0.2, 0) is 11.3 Å². The van der Waals surface area contributed by atoms with Gasteiger partial charge in [-0.3, -0.25) is 4.79 Å². The van der Waals surface area contributed by atoms with E-state index in [0.29, 0.717) is 24.8 Å². The number of alkyl halides is 1. The molecule has 0 radical (unpaired) electrons. The third-order valence-electron chi connectivity index (χ3n) is 3.59. The van der Waals surface area contributed by atoms with Gasteiger partial charge in [0.1, 0.15) is 0 Å². The number of hydrogen-bond donors (Lipinski definition) is 0. The van der Waals surface area contributed by atoms with E-state index in [9.17, 15) is 4.79 Å². The van der Waals surface area contributed by atoms with Crippen molar-refractivity contribution in [2.45, 2.75) is 13.0 Å². The van der Waals surface area contributed by atoms with Crippen molar-refractivity contribution >= 4 is 17.5 Å². The summed E-state index contributed by atoms with van der Waals surface area (Å²) < 4.78 is 1.81. The summed E-state index contributed by atoms with van der Waals surface area (Å²) in [6.45, 7) is 1.43. The molecular weight excluding hydrogens is 274 g/mol. The first-order valence-electron chi connectivity index (χ1n) is 6.69. The van der Waals surface area contributed by atoms with E-state index < -0.39 is 0 Å². The van der Waals surface area contributed by atoms with Crippen LogP contribution in [0, 0.1) is 5.92 Å². The number of halogens is 1. The van der Waals surface area contributed by atoms with E-state index in [-0.39, 0.29) is 5.91 Å². The minimum Gasteiger partial charge on any atom is -0.338 e. The number of aromatic nitrogens is 2. The Labute approximate surface area is 123 Å². The standard InChI is InChI=1S/C15H16ClN3O/c16-9-13-8-15(20)18(11-13)10-12-2-4-14(5-3-12)19-7-1-6-17-19/h1-7,13H,8-11H2. The zero-order chi connectivity index (χ0) is 13.9. The Morgan fingerprint density at radius 1 is 1.30 bits per heavy atom. The summed E-state index contributed by atoms with van der Waals surface area (Å²) in [5.74, 6) is 1.06. The molecule has 0 saturated carbocycles. The van der Waals surface area contributed by atoms with Gasteiger partial charge in [-0.2, -0.15) is 5.10 Å². The zero-order valence-corrected chi connectivity index (χ0v) is 11.8. The Morgan fingerprint density at radius 2 is 2.10 bits per heavy atom. The van der Waals surface area contributed by atoms with Crippen molar-refractivity contribution in [2.75, 3.05) is 12.4 Å². The van der Waals surface area contributed by atoms with E-state index in [1.807, 2.05) is 46.1 Å². The third kappa shape index (κ3) is 2.70. The van der Waals surface area contributed by atoms with E-state index in [1.54, 1.807) is 6.20 Å². The van der Waals surface area contributed by atoms with Gasteiger partial charge < -0.3 is 4.90 Å². The van der Waals surface area contributed by atoms with Crippen molar-refractivity contribution in [3.8, 4) is 5.69 Å². The lowest BCUT2D eigenvalue weighted by molar-refractivity contribution is -0.128. The van der Waals surface area contributed by atoms with Gasteiger partial charge in [0, 0.05) is 37.8 Å². The summed E-state index contributed by atoms with van der Waals surface area (Å²) in [5, 5.41) is 4.19. The van der Waals surface area contributed by atoms with Crippen molar-refractivity contribution < 1.29 is 4.79 Å². The van der Waals surface area contributed by atoms with E-state index in [4.69, 9.17) is 11.6 Å². The Balaban J connectivity index is 1.68. The topological polar surface area (TPSA) is 38.1 Å². The minimum absolute atomic E-state index is 0.201. The molecule has 1 aliphatic heterocycles. The number of amides is 1. The molecule has 1 aromatic heterocycles. The van der Waals surface area contributed by atoms with Gasteiger partial charge >= 0.3 is 0 Å². The Bertz CT molecular complexity index is 580. The van der Waals surface area contributed by atoms with Crippen LogP contribution in [0.5, 0.6) is 0 Å². The maximum atomic E-state index is 11.9. The monoisotopic (exact) mass is 289 g/mol. The molecule has 1 amide bonds. The van der Waals surface area contributed by atoms with Gasteiger partial charge in [-0.1, -0.05) is 12.1 Å². The lowest BCUT2D eigenvalue weighted by Crippen LogP contribution is -2.24. The fourth-order valence-electron chi connectivity index (χ4n) is 2.51. The SMILES string of the molecule is O=C1CC(CCl)CN1Cc1ccc(-n2cccn2)cc1. The normalized spacial score (nSPS) is 18.8. The molecule has 20 heavy (non-hydrogen) atoms. The van der Waals surface area contributed by atoms with Gasteiger partial charge in [0.25, 0.3) is 0 Å². The van der Waals surface area contributed by atoms with Crippen LogP contribution in [0.4, 0.5) is 0 Å². The average Bonchev–Trinajstić information content (AvgIpc) is 3.10. The Kier molecular flexibility index (Phi) is 3.74. The highest BCUT2D eigenvalue weighted by Gasteiger charge is 2.28. The molecule has 0 N–H and O–H groups in total. The van der Waals surface area contributed by atoms with Crippen LogP contribution in [-0.4, -0.2) is 33.0 Å². The summed E-state index contributed by atoms with van der Waals surface area (Å²) in [6.07, 6.45) is 4.24. The molecule has 0 spiro atoms. The van der Waals surface area contributed by atoms with Gasteiger partial charge in [-0.25, -0.2) is 4.68 Å². The zero-order valence-electron chi connectivity index (χ0n) is 11.1. The van der Waals surface area contributed by atoms with Gasteiger partial charge in [-0.15, -0.1) is 11.6 Å². The van der Waals surface area contributed by atoms with Crippen molar-refractivity contribution in [2.24, 2.45) is 5.92 Å². The first-order valence-corrected chi connectivity index (χ1v) is 7.22. The van der Waals surface area contributed by atoms with E-state index in [1.165, 1.54) is 0 Å².